The minimum absolute atomic E-state index is 0.329. The van der Waals surface area contributed by atoms with Crippen LogP contribution in [0.25, 0.3) is 0 Å². The maximum atomic E-state index is 11.7. The van der Waals surface area contributed by atoms with Crippen molar-refractivity contribution in [2.45, 2.75) is 12.5 Å². The lowest BCUT2D eigenvalue weighted by atomic mass is 10.0. The molecule has 5 heteroatoms. The predicted octanol–water partition coefficient (Wildman–Crippen LogP) is -0.258. The molecule has 5 N–H and O–H groups in total. The largest absolute Gasteiger partial charge is 0.399 e. The number of hydrogen-bond donors (Lipinski definition) is 4. The number of aliphatic hydroxyl groups excluding tert-OH is 2. The van der Waals surface area contributed by atoms with E-state index in [1.807, 2.05) is 0 Å². The van der Waals surface area contributed by atoms with Crippen LogP contribution in [0.3, 0.4) is 0 Å². The van der Waals surface area contributed by atoms with Crippen molar-refractivity contribution in [2.24, 2.45) is 0 Å². The number of benzene rings is 1. The van der Waals surface area contributed by atoms with Gasteiger partial charge < -0.3 is 21.3 Å². The van der Waals surface area contributed by atoms with Gasteiger partial charge in [0.25, 0.3) is 5.91 Å². The first kappa shape index (κ1) is 12.5. The van der Waals surface area contributed by atoms with Gasteiger partial charge in [-0.1, -0.05) is 0 Å². The molecule has 0 aliphatic heterocycles. The van der Waals surface area contributed by atoms with Gasteiger partial charge in [-0.05, 0) is 31.2 Å². The molecule has 0 aliphatic rings. The number of nitrogens with one attached hydrogen (secondary N) is 1. The quantitative estimate of drug-likeness (QED) is 0.530. The summed E-state index contributed by atoms with van der Waals surface area (Å²) in [6, 6.07) is 6.40. The number of hydrogen-bond acceptors (Lipinski definition) is 4. The fraction of sp³-hybridized carbons (Fsp3) is 0.364. The third-order valence-electron chi connectivity index (χ3n) is 2.29. The fourth-order valence-corrected chi connectivity index (χ4v) is 1.11. The number of anilines is 1. The molecule has 88 valence electrons. The van der Waals surface area contributed by atoms with Crippen LogP contribution in [0.4, 0.5) is 5.69 Å². The first-order chi connectivity index (χ1) is 7.50. The van der Waals surface area contributed by atoms with Gasteiger partial charge in [-0.15, -0.1) is 0 Å². The van der Waals surface area contributed by atoms with E-state index >= 15 is 0 Å². The summed E-state index contributed by atoms with van der Waals surface area (Å²) in [7, 11) is 0. The number of nitrogens with two attached hydrogens (primary N) is 1. The van der Waals surface area contributed by atoms with Gasteiger partial charge in [0.15, 0.2) is 0 Å². The lowest BCUT2D eigenvalue weighted by Gasteiger charge is -2.26. The van der Waals surface area contributed by atoms with Gasteiger partial charge in [-0.2, -0.15) is 0 Å². The highest BCUT2D eigenvalue weighted by Gasteiger charge is 2.24. The van der Waals surface area contributed by atoms with Crippen molar-refractivity contribution in [1.82, 2.24) is 5.32 Å². The molecule has 0 saturated heterocycles. The Labute approximate surface area is 93.9 Å². The third-order valence-corrected chi connectivity index (χ3v) is 2.29. The molecule has 0 atom stereocenters. The average Bonchev–Trinajstić information content (AvgIpc) is 2.29. The number of nitrogen functional groups attached to an aromatic ring is 1. The number of carbonyl (C=O) groups excluding carboxylic acids is 1. The molecule has 16 heavy (non-hydrogen) atoms. The van der Waals surface area contributed by atoms with Crippen LogP contribution in [-0.2, 0) is 0 Å². The van der Waals surface area contributed by atoms with E-state index in [0.717, 1.165) is 0 Å². The predicted molar refractivity (Wildman–Crippen MR) is 60.9 cm³/mol. The van der Waals surface area contributed by atoms with Gasteiger partial charge in [0.05, 0.1) is 18.8 Å². The normalized spacial score (nSPS) is 11.2. The zero-order valence-electron chi connectivity index (χ0n) is 9.10. The maximum Gasteiger partial charge on any atom is 0.251 e. The average molecular weight is 224 g/mol. The van der Waals surface area contributed by atoms with Crippen LogP contribution in [0, 0.1) is 0 Å². The topological polar surface area (TPSA) is 95.6 Å². The van der Waals surface area contributed by atoms with Gasteiger partial charge >= 0.3 is 0 Å². The summed E-state index contributed by atoms with van der Waals surface area (Å²) in [6.07, 6.45) is 0. The Morgan fingerprint density at radius 2 is 1.81 bits per heavy atom. The molecule has 0 bridgehead atoms. The molecule has 0 aromatic heterocycles. The van der Waals surface area contributed by atoms with E-state index in [-0.39, 0.29) is 19.1 Å². The van der Waals surface area contributed by atoms with E-state index in [4.69, 9.17) is 15.9 Å². The summed E-state index contributed by atoms with van der Waals surface area (Å²) in [4.78, 5) is 11.7. The number of aliphatic hydroxyl groups is 2. The minimum atomic E-state index is -1.02. The first-order valence-corrected chi connectivity index (χ1v) is 4.90. The molecule has 1 rings (SSSR count). The summed E-state index contributed by atoms with van der Waals surface area (Å²) in [5, 5.41) is 20.6. The third kappa shape index (κ3) is 2.95. The molecule has 1 aromatic rings. The van der Waals surface area contributed by atoms with Crippen molar-refractivity contribution >= 4 is 11.6 Å². The molecular weight excluding hydrogens is 208 g/mol. The second-order valence-corrected chi connectivity index (χ2v) is 3.95. The molecule has 0 fully saturated rings. The van der Waals surface area contributed by atoms with Crippen molar-refractivity contribution in [3.63, 3.8) is 0 Å². The van der Waals surface area contributed by atoms with E-state index in [2.05, 4.69) is 5.32 Å². The van der Waals surface area contributed by atoms with Crippen molar-refractivity contribution in [3.8, 4) is 0 Å². The maximum absolute atomic E-state index is 11.7. The van der Waals surface area contributed by atoms with E-state index in [9.17, 15) is 4.79 Å². The van der Waals surface area contributed by atoms with Crippen molar-refractivity contribution in [2.75, 3.05) is 18.9 Å². The van der Waals surface area contributed by atoms with Gasteiger partial charge in [0, 0.05) is 11.3 Å². The highest BCUT2D eigenvalue weighted by molar-refractivity contribution is 5.95. The Morgan fingerprint density at radius 3 is 2.25 bits per heavy atom. The smallest absolute Gasteiger partial charge is 0.251 e. The SMILES string of the molecule is CC(CO)(CO)NC(=O)c1ccc(N)cc1. The van der Waals surface area contributed by atoms with E-state index in [0.29, 0.717) is 11.3 Å². The Morgan fingerprint density at radius 1 is 1.31 bits per heavy atom. The molecular formula is C11H16N2O3. The number of carbonyl (C=O) groups is 1. The molecule has 0 saturated carbocycles. The molecule has 0 radical (unpaired) electrons. The van der Waals surface area contributed by atoms with E-state index in [1.165, 1.54) is 0 Å². The number of rotatable bonds is 4. The molecule has 1 aromatic carbocycles. The monoisotopic (exact) mass is 224 g/mol. The molecule has 0 spiro atoms. The van der Waals surface area contributed by atoms with Crippen LogP contribution in [0.1, 0.15) is 17.3 Å². The van der Waals surface area contributed by atoms with Gasteiger partial charge in [-0.3, -0.25) is 4.79 Å². The highest BCUT2D eigenvalue weighted by Crippen LogP contribution is 2.08. The van der Waals surface area contributed by atoms with Crippen LogP contribution < -0.4 is 11.1 Å². The minimum Gasteiger partial charge on any atom is -0.399 e. The summed E-state index contributed by atoms with van der Waals surface area (Å²) in [6.45, 7) is 0.899. The van der Waals surface area contributed by atoms with Gasteiger partial charge in [-0.25, -0.2) is 0 Å². The standard InChI is InChI=1S/C11H16N2O3/c1-11(6-14,7-15)13-10(16)8-2-4-9(12)5-3-8/h2-5,14-15H,6-7,12H2,1H3,(H,13,16). The lowest BCUT2D eigenvalue weighted by molar-refractivity contribution is 0.0724. The molecule has 0 unspecified atom stereocenters. The Hall–Kier alpha value is -1.59. The molecule has 1 amide bonds. The second-order valence-electron chi connectivity index (χ2n) is 3.95. The molecule has 0 aliphatic carbocycles. The van der Waals surface area contributed by atoms with Crippen molar-refractivity contribution in [3.05, 3.63) is 29.8 Å². The number of amides is 1. The Bertz CT molecular complexity index is 358. The molecule has 0 heterocycles. The zero-order valence-corrected chi connectivity index (χ0v) is 9.10. The zero-order chi connectivity index (χ0) is 12.2. The second kappa shape index (κ2) is 4.96. The van der Waals surface area contributed by atoms with Gasteiger partial charge in [0.1, 0.15) is 0 Å². The van der Waals surface area contributed by atoms with E-state index in [1.54, 1.807) is 31.2 Å². The van der Waals surface area contributed by atoms with Crippen molar-refractivity contribution < 1.29 is 15.0 Å². The van der Waals surface area contributed by atoms with Crippen LogP contribution in [0.15, 0.2) is 24.3 Å². The fourth-order valence-electron chi connectivity index (χ4n) is 1.11. The summed E-state index contributed by atoms with van der Waals surface area (Å²) >= 11 is 0. The van der Waals surface area contributed by atoms with Crippen LogP contribution in [-0.4, -0.2) is 34.9 Å². The molecule has 5 nitrogen and oxygen atoms in total. The van der Waals surface area contributed by atoms with Crippen molar-refractivity contribution in [1.29, 1.82) is 0 Å². The summed E-state index contributed by atoms with van der Waals surface area (Å²) in [5.74, 6) is -0.356. The van der Waals surface area contributed by atoms with Crippen LogP contribution >= 0.6 is 0 Å². The van der Waals surface area contributed by atoms with Crippen LogP contribution in [0.5, 0.6) is 0 Å². The first-order valence-electron chi connectivity index (χ1n) is 4.90. The summed E-state index contributed by atoms with van der Waals surface area (Å²) in [5.41, 5.74) is 5.48. The lowest BCUT2D eigenvalue weighted by Crippen LogP contribution is -2.51. The van der Waals surface area contributed by atoms with Gasteiger partial charge in [0.2, 0.25) is 0 Å². The highest BCUT2D eigenvalue weighted by atomic mass is 16.3. The Kier molecular flexibility index (Phi) is 3.87. The van der Waals surface area contributed by atoms with Crippen LogP contribution in [0.2, 0.25) is 0 Å². The summed E-state index contributed by atoms with van der Waals surface area (Å²) < 4.78 is 0. The van der Waals surface area contributed by atoms with E-state index < -0.39 is 5.54 Å². The Balaban J connectivity index is 2.76.